The Labute approximate surface area is 163 Å². The van der Waals surface area contributed by atoms with E-state index in [0.717, 1.165) is 29.7 Å². The smallest absolute Gasteiger partial charge is 0.255 e. The zero-order chi connectivity index (χ0) is 19.9. The molecule has 1 unspecified atom stereocenters. The van der Waals surface area contributed by atoms with Gasteiger partial charge in [0.05, 0.1) is 30.1 Å². The number of halogens is 1. The van der Waals surface area contributed by atoms with Gasteiger partial charge in [-0.05, 0) is 55.3 Å². The van der Waals surface area contributed by atoms with E-state index in [9.17, 15) is 9.18 Å². The average molecular weight is 381 g/mol. The molecule has 2 N–H and O–H groups in total. The molecule has 0 radical (unpaired) electrons. The number of rotatable bonds is 8. The minimum Gasteiger partial charge on any atom is -0.494 e. The van der Waals surface area contributed by atoms with Crippen LogP contribution in [0.2, 0.25) is 0 Å². The van der Waals surface area contributed by atoms with Crippen molar-refractivity contribution < 1.29 is 13.9 Å². The van der Waals surface area contributed by atoms with Crippen molar-refractivity contribution in [2.75, 3.05) is 6.61 Å². The zero-order valence-electron chi connectivity index (χ0n) is 16.0. The second kappa shape index (κ2) is 9.17. The van der Waals surface area contributed by atoms with Crippen LogP contribution in [0, 0.1) is 5.82 Å². The number of carbonyl (C=O) groups is 1. The van der Waals surface area contributed by atoms with Gasteiger partial charge in [-0.25, -0.2) is 4.39 Å². The highest BCUT2D eigenvalue weighted by atomic mass is 19.1. The van der Waals surface area contributed by atoms with Crippen LogP contribution in [0.1, 0.15) is 48.7 Å². The molecule has 1 atom stereocenters. The highest BCUT2D eigenvalue weighted by Crippen LogP contribution is 2.24. The average Bonchev–Trinajstić information content (AvgIpc) is 3.19. The van der Waals surface area contributed by atoms with Gasteiger partial charge < -0.3 is 10.1 Å². The summed E-state index contributed by atoms with van der Waals surface area (Å²) in [5.41, 5.74) is 2.77. The molecule has 1 aromatic heterocycles. The normalized spacial score (nSPS) is 11.8. The lowest BCUT2D eigenvalue weighted by Crippen LogP contribution is -2.26. The number of aromatic amines is 1. The lowest BCUT2D eigenvalue weighted by Gasteiger charge is -2.14. The first-order chi connectivity index (χ1) is 13.6. The second-order valence-corrected chi connectivity index (χ2v) is 6.63. The van der Waals surface area contributed by atoms with Gasteiger partial charge >= 0.3 is 0 Å². The van der Waals surface area contributed by atoms with Crippen LogP contribution in [0.3, 0.4) is 0 Å². The summed E-state index contributed by atoms with van der Waals surface area (Å²) < 4.78 is 18.8. The van der Waals surface area contributed by atoms with Crippen molar-refractivity contribution >= 4 is 5.91 Å². The van der Waals surface area contributed by atoms with E-state index in [0.29, 0.717) is 17.9 Å². The molecule has 1 amide bonds. The van der Waals surface area contributed by atoms with Gasteiger partial charge in [-0.15, -0.1) is 0 Å². The Balaban J connectivity index is 1.70. The van der Waals surface area contributed by atoms with Gasteiger partial charge in [0.15, 0.2) is 0 Å². The molecule has 0 saturated carbocycles. The van der Waals surface area contributed by atoms with Crippen LogP contribution in [-0.2, 0) is 0 Å². The van der Waals surface area contributed by atoms with Crippen molar-refractivity contribution in [1.82, 2.24) is 15.5 Å². The Morgan fingerprint density at radius 1 is 1.18 bits per heavy atom. The minimum absolute atomic E-state index is 0.246. The quantitative estimate of drug-likeness (QED) is 0.546. The van der Waals surface area contributed by atoms with E-state index >= 15 is 0 Å². The fourth-order valence-electron chi connectivity index (χ4n) is 2.84. The second-order valence-electron chi connectivity index (χ2n) is 6.63. The van der Waals surface area contributed by atoms with E-state index in [1.165, 1.54) is 18.3 Å². The highest BCUT2D eigenvalue weighted by molar-refractivity contribution is 5.99. The Hall–Kier alpha value is -3.15. The van der Waals surface area contributed by atoms with E-state index in [2.05, 4.69) is 22.4 Å². The van der Waals surface area contributed by atoms with Crippen molar-refractivity contribution in [3.05, 3.63) is 71.7 Å². The molecule has 3 rings (SSSR count). The number of hydrogen-bond acceptors (Lipinski definition) is 3. The number of unbranched alkanes of at least 4 members (excludes halogenated alkanes) is 1. The summed E-state index contributed by atoms with van der Waals surface area (Å²) in [5.74, 6) is 0.248. The predicted octanol–water partition coefficient (Wildman–Crippen LogP) is 4.89. The fraction of sp³-hybridized carbons (Fsp3) is 0.273. The number of ether oxygens (including phenoxy) is 1. The molecule has 1 heterocycles. The van der Waals surface area contributed by atoms with Crippen LogP contribution in [-0.4, -0.2) is 22.7 Å². The Kier molecular flexibility index (Phi) is 6.42. The molecule has 2 aromatic carbocycles. The third-order valence-corrected chi connectivity index (χ3v) is 4.51. The topological polar surface area (TPSA) is 67.0 Å². The molecule has 0 saturated heterocycles. The van der Waals surface area contributed by atoms with E-state index in [1.807, 2.05) is 31.2 Å². The Morgan fingerprint density at radius 3 is 2.57 bits per heavy atom. The van der Waals surface area contributed by atoms with Crippen molar-refractivity contribution in [2.45, 2.75) is 32.7 Å². The first kappa shape index (κ1) is 19.6. The minimum atomic E-state index is -0.304. The molecule has 0 aliphatic heterocycles. The fourth-order valence-corrected chi connectivity index (χ4v) is 2.84. The zero-order valence-corrected chi connectivity index (χ0v) is 16.0. The Bertz CT molecular complexity index is 904. The number of benzene rings is 2. The number of nitrogens with one attached hydrogen (secondary N) is 2. The van der Waals surface area contributed by atoms with Crippen LogP contribution >= 0.6 is 0 Å². The molecule has 0 bridgehead atoms. The van der Waals surface area contributed by atoms with E-state index in [-0.39, 0.29) is 17.8 Å². The van der Waals surface area contributed by atoms with Crippen molar-refractivity contribution in [3.8, 4) is 17.0 Å². The van der Waals surface area contributed by atoms with Gasteiger partial charge in [-0.2, -0.15) is 5.10 Å². The van der Waals surface area contributed by atoms with E-state index in [1.54, 1.807) is 12.1 Å². The summed E-state index contributed by atoms with van der Waals surface area (Å²) in [6, 6.07) is 13.4. The summed E-state index contributed by atoms with van der Waals surface area (Å²) >= 11 is 0. The van der Waals surface area contributed by atoms with Gasteiger partial charge in [0.2, 0.25) is 0 Å². The van der Waals surface area contributed by atoms with Crippen LogP contribution in [0.25, 0.3) is 11.3 Å². The maximum absolute atomic E-state index is 13.1. The largest absolute Gasteiger partial charge is 0.494 e. The molecular weight excluding hydrogens is 357 g/mol. The lowest BCUT2D eigenvalue weighted by atomic mass is 10.1. The summed E-state index contributed by atoms with van der Waals surface area (Å²) in [5, 5.41) is 9.85. The van der Waals surface area contributed by atoms with Gasteiger partial charge in [-0.3, -0.25) is 9.89 Å². The van der Waals surface area contributed by atoms with Gasteiger partial charge in [0.25, 0.3) is 5.91 Å². The highest BCUT2D eigenvalue weighted by Gasteiger charge is 2.18. The standard InChI is InChI=1S/C22H24FN3O2/c1-3-4-13-28-19-11-7-17(8-12-19)21-20(14-24-26-21)22(27)25-15(2)16-5-9-18(23)10-6-16/h5-12,14-15H,3-4,13H2,1-2H3,(H,24,26)(H,25,27). The molecule has 28 heavy (non-hydrogen) atoms. The maximum atomic E-state index is 13.1. The summed E-state index contributed by atoms with van der Waals surface area (Å²) in [6.07, 6.45) is 3.60. The van der Waals surface area contributed by atoms with Crippen LogP contribution in [0.15, 0.2) is 54.7 Å². The van der Waals surface area contributed by atoms with E-state index < -0.39 is 0 Å². The van der Waals surface area contributed by atoms with Crippen molar-refractivity contribution in [2.24, 2.45) is 0 Å². The van der Waals surface area contributed by atoms with Gasteiger partial charge in [0, 0.05) is 5.56 Å². The van der Waals surface area contributed by atoms with E-state index in [4.69, 9.17) is 4.74 Å². The first-order valence-electron chi connectivity index (χ1n) is 9.41. The molecule has 0 fully saturated rings. The van der Waals surface area contributed by atoms with Gasteiger partial charge in [0.1, 0.15) is 11.6 Å². The van der Waals surface area contributed by atoms with Crippen molar-refractivity contribution in [1.29, 1.82) is 0 Å². The maximum Gasteiger partial charge on any atom is 0.255 e. The molecular formula is C22H24FN3O2. The predicted molar refractivity (Wildman–Crippen MR) is 107 cm³/mol. The van der Waals surface area contributed by atoms with Crippen LogP contribution in [0.4, 0.5) is 4.39 Å². The first-order valence-corrected chi connectivity index (χ1v) is 9.41. The molecule has 0 aliphatic rings. The molecule has 6 heteroatoms. The monoisotopic (exact) mass is 381 g/mol. The molecule has 3 aromatic rings. The summed E-state index contributed by atoms with van der Waals surface area (Å²) in [4.78, 5) is 12.7. The third kappa shape index (κ3) is 4.76. The summed E-state index contributed by atoms with van der Waals surface area (Å²) in [6.45, 7) is 4.66. The Morgan fingerprint density at radius 2 is 1.89 bits per heavy atom. The molecule has 146 valence electrons. The van der Waals surface area contributed by atoms with Gasteiger partial charge in [-0.1, -0.05) is 25.5 Å². The van der Waals surface area contributed by atoms with Crippen molar-refractivity contribution in [3.63, 3.8) is 0 Å². The van der Waals surface area contributed by atoms with Crippen LogP contribution in [0.5, 0.6) is 5.75 Å². The molecule has 0 spiro atoms. The molecule has 5 nitrogen and oxygen atoms in total. The number of aromatic nitrogens is 2. The third-order valence-electron chi connectivity index (χ3n) is 4.51. The number of amides is 1. The number of H-pyrrole nitrogens is 1. The SMILES string of the molecule is CCCCOc1ccc(-c2[nH]ncc2C(=O)NC(C)c2ccc(F)cc2)cc1. The summed E-state index contributed by atoms with van der Waals surface area (Å²) in [7, 11) is 0. The lowest BCUT2D eigenvalue weighted by molar-refractivity contribution is 0.0940. The number of carbonyl (C=O) groups excluding carboxylic acids is 1. The number of hydrogen-bond donors (Lipinski definition) is 2. The molecule has 0 aliphatic carbocycles. The van der Waals surface area contributed by atoms with Crippen LogP contribution < -0.4 is 10.1 Å². The number of nitrogens with zero attached hydrogens (tertiary/aromatic N) is 1.